The van der Waals surface area contributed by atoms with Crippen LogP contribution in [0.5, 0.6) is 0 Å². The maximum absolute atomic E-state index is 11.0. The molecule has 9 N–H and O–H groups in total. The highest BCUT2D eigenvalue weighted by Gasteiger charge is 2.55. The quantitative estimate of drug-likeness (QED) is 0.215. The fourth-order valence-corrected chi connectivity index (χ4v) is 2.22. The second-order valence-corrected chi connectivity index (χ2v) is 5.02. The van der Waals surface area contributed by atoms with Crippen LogP contribution in [-0.2, 0) is 19.2 Å². The fraction of sp³-hybridized carbons (Fsp3) is 0.636. The van der Waals surface area contributed by atoms with E-state index in [0.29, 0.717) is 0 Å². The first-order valence-electron chi connectivity index (χ1n) is 5.98. The lowest BCUT2D eigenvalue weighted by atomic mass is 9.66. The minimum Gasteiger partial charge on any atom is -0.481 e. The lowest BCUT2D eigenvalue weighted by Gasteiger charge is -2.45. The molecule has 0 aromatic heterocycles. The van der Waals surface area contributed by atoms with Crippen molar-refractivity contribution in [1.29, 1.82) is 0 Å². The summed E-state index contributed by atoms with van der Waals surface area (Å²) in [5.74, 6) is -6.33. The lowest BCUT2D eigenvalue weighted by molar-refractivity contribution is -0.170. The average Bonchev–Trinajstić information content (AvgIpc) is 2.24. The molecule has 0 saturated carbocycles. The summed E-state index contributed by atoms with van der Waals surface area (Å²) >= 11 is 0. The van der Waals surface area contributed by atoms with Crippen molar-refractivity contribution < 1.29 is 44.7 Å². The van der Waals surface area contributed by atoms with E-state index in [-0.39, 0.29) is 0 Å². The molecule has 0 aliphatic heterocycles. The van der Waals surface area contributed by atoms with Gasteiger partial charge < -0.3 is 37.0 Å². The average molecular weight is 322 g/mol. The first-order chi connectivity index (χ1) is 9.84. The van der Waals surface area contributed by atoms with Crippen LogP contribution in [0.25, 0.3) is 0 Å². The Hall–Kier alpha value is -2.24. The number of carbonyl (C=O) groups is 4. The third kappa shape index (κ3) is 4.95. The maximum Gasteiger partial charge on any atom is 0.305 e. The van der Waals surface area contributed by atoms with Crippen LogP contribution in [0.2, 0.25) is 0 Å². The zero-order chi connectivity index (χ0) is 17.7. The van der Waals surface area contributed by atoms with Gasteiger partial charge in [-0.1, -0.05) is 0 Å². The molecule has 22 heavy (non-hydrogen) atoms. The molecule has 0 spiro atoms. The largest absolute Gasteiger partial charge is 0.481 e. The van der Waals surface area contributed by atoms with E-state index >= 15 is 0 Å². The Labute approximate surface area is 124 Å². The number of rotatable bonds is 10. The number of nitrogens with two attached hydrogens (primary N) is 2. The zero-order valence-electron chi connectivity index (χ0n) is 11.4. The van der Waals surface area contributed by atoms with E-state index in [0.717, 1.165) is 0 Å². The van der Waals surface area contributed by atoms with Crippen LogP contribution in [0.4, 0.5) is 0 Å². The smallest absolute Gasteiger partial charge is 0.305 e. The fourth-order valence-electron chi connectivity index (χ4n) is 2.22. The molecule has 126 valence electrons. The van der Waals surface area contributed by atoms with Gasteiger partial charge in [-0.3, -0.25) is 19.2 Å². The highest BCUT2D eigenvalue weighted by molar-refractivity contribution is 5.76. The predicted molar refractivity (Wildman–Crippen MR) is 68.6 cm³/mol. The summed E-state index contributed by atoms with van der Waals surface area (Å²) in [5.41, 5.74) is 5.71. The van der Waals surface area contributed by atoms with E-state index in [1.54, 1.807) is 0 Å². The molecule has 0 aliphatic rings. The Morgan fingerprint density at radius 3 is 1.36 bits per heavy atom. The number of aliphatic hydroxyl groups is 1. The minimum atomic E-state index is -2.85. The minimum absolute atomic E-state index is 0.909. The molecule has 11 nitrogen and oxygen atoms in total. The molecule has 0 radical (unpaired) electrons. The Balaban J connectivity index is 5.94. The van der Waals surface area contributed by atoms with Gasteiger partial charge in [0.25, 0.3) is 0 Å². The Morgan fingerprint density at radius 1 is 0.818 bits per heavy atom. The highest BCUT2D eigenvalue weighted by Crippen LogP contribution is 2.41. The number of carboxylic acids is 4. The summed E-state index contributed by atoms with van der Waals surface area (Å²) in [7, 11) is 0. The second-order valence-electron chi connectivity index (χ2n) is 5.02. The van der Waals surface area contributed by atoms with Gasteiger partial charge in [0, 0.05) is 5.41 Å². The van der Waals surface area contributed by atoms with E-state index in [4.69, 9.17) is 31.9 Å². The van der Waals surface area contributed by atoms with E-state index in [1.807, 2.05) is 0 Å². The summed E-state index contributed by atoms with van der Waals surface area (Å²) in [6.07, 6.45) is -4.27. The van der Waals surface area contributed by atoms with Crippen LogP contribution in [-0.4, -0.2) is 61.2 Å². The molecule has 11 heteroatoms. The van der Waals surface area contributed by atoms with Crippen molar-refractivity contribution in [2.75, 3.05) is 0 Å². The van der Waals surface area contributed by atoms with E-state index in [1.165, 1.54) is 0 Å². The molecule has 0 saturated heterocycles. The summed E-state index contributed by atoms with van der Waals surface area (Å²) in [6.45, 7) is 0. The first kappa shape index (κ1) is 19.8. The van der Waals surface area contributed by atoms with E-state index in [9.17, 15) is 24.3 Å². The van der Waals surface area contributed by atoms with Crippen LogP contribution in [0, 0.1) is 5.41 Å². The van der Waals surface area contributed by atoms with Crippen LogP contribution in [0.3, 0.4) is 0 Å². The van der Waals surface area contributed by atoms with Crippen LogP contribution in [0.1, 0.15) is 25.7 Å². The van der Waals surface area contributed by atoms with Crippen molar-refractivity contribution in [2.45, 2.75) is 37.5 Å². The van der Waals surface area contributed by atoms with Crippen LogP contribution in [0.15, 0.2) is 0 Å². The molecule has 0 heterocycles. The topological polar surface area (TPSA) is 221 Å². The molecular formula is C11H18N2O9. The molecule has 2 atom stereocenters. The predicted octanol–water partition coefficient (Wildman–Crippen LogP) is -2.15. The molecule has 0 bridgehead atoms. The summed E-state index contributed by atoms with van der Waals surface area (Å²) in [4.78, 5) is 43.5. The molecule has 0 amide bonds. The van der Waals surface area contributed by atoms with E-state index in [2.05, 4.69) is 0 Å². The van der Waals surface area contributed by atoms with Gasteiger partial charge in [0.2, 0.25) is 0 Å². The van der Waals surface area contributed by atoms with Gasteiger partial charge in [0.15, 0.2) is 0 Å². The van der Waals surface area contributed by atoms with Gasteiger partial charge in [-0.05, 0) is 0 Å². The Bertz CT molecular complexity index is 433. The van der Waals surface area contributed by atoms with Gasteiger partial charge in [0.1, 0.15) is 5.72 Å². The molecule has 2 unspecified atom stereocenters. The second kappa shape index (κ2) is 7.15. The number of hydrogen-bond acceptors (Lipinski definition) is 7. The standard InChI is InChI=1S/C11H18N2O9/c12-5(1-6(14)15)11(13,22)10(2-7(16)17,3-8(18)19)4-9(20)21/h5,22H,1-4,12-13H2,(H,14,15)(H,16,17)(H,18,19)(H,20,21). The molecular weight excluding hydrogens is 304 g/mol. The lowest BCUT2D eigenvalue weighted by Crippen LogP contribution is -2.67. The van der Waals surface area contributed by atoms with Crippen LogP contribution < -0.4 is 11.5 Å². The SMILES string of the molecule is NC(CC(=O)O)C(N)(O)C(CC(=O)O)(CC(=O)O)CC(=O)O. The highest BCUT2D eigenvalue weighted by atomic mass is 16.4. The van der Waals surface area contributed by atoms with Gasteiger partial charge in [0.05, 0.1) is 31.7 Å². The zero-order valence-corrected chi connectivity index (χ0v) is 11.4. The van der Waals surface area contributed by atoms with Gasteiger partial charge in [-0.15, -0.1) is 0 Å². The number of hydrogen-bond donors (Lipinski definition) is 7. The van der Waals surface area contributed by atoms with Gasteiger partial charge >= 0.3 is 23.9 Å². The number of aliphatic carboxylic acids is 4. The monoisotopic (exact) mass is 322 g/mol. The Kier molecular flexibility index (Phi) is 6.43. The molecule has 0 aliphatic carbocycles. The summed E-state index contributed by atoms with van der Waals surface area (Å²) in [6, 6.07) is -1.77. The molecule has 0 aromatic rings. The van der Waals surface area contributed by atoms with Gasteiger partial charge in [-0.2, -0.15) is 0 Å². The van der Waals surface area contributed by atoms with Crippen molar-refractivity contribution in [3.63, 3.8) is 0 Å². The summed E-state index contributed by atoms with van der Waals surface area (Å²) in [5, 5.41) is 45.6. The number of carboxylic acid groups (broad SMARTS) is 4. The molecule has 0 fully saturated rings. The Morgan fingerprint density at radius 2 is 1.14 bits per heavy atom. The van der Waals surface area contributed by atoms with Crippen molar-refractivity contribution in [3.05, 3.63) is 0 Å². The van der Waals surface area contributed by atoms with Crippen molar-refractivity contribution in [2.24, 2.45) is 16.9 Å². The van der Waals surface area contributed by atoms with E-state index < -0.39 is 66.7 Å². The summed E-state index contributed by atoms with van der Waals surface area (Å²) < 4.78 is 0. The first-order valence-corrected chi connectivity index (χ1v) is 5.98. The molecule has 0 aromatic carbocycles. The van der Waals surface area contributed by atoms with Gasteiger partial charge in [-0.25, -0.2) is 0 Å². The van der Waals surface area contributed by atoms with Crippen molar-refractivity contribution >= 4 is 23.9 Å². The normalized spacial score (nSPS) is 15.6. The van der Waals surface area contributed by atoms with Crippen LogP contribution >= 0.6 is 0 Å². The maximum atomic E-state index is 11.0. The molecule has 0 rings (SSSR count). The van der Waals surface area contributed by atoms with Crippen molar-refractivity contribution in [1.82, 2.24) is 0 Å². The van der Waals surface area contributed by atoms with Crippen molar-refractivity contribution in [3.8, 4) is 0 Å². The third-order valence-corrected chi connectivity index (χ3v) is 3.28. The third-order valence-electron chi connectivity index (χ3n) is 3.28.